The van der Waals surface area contributed by atoms with Gasteiger partial charge in [0.1, 0.15) is 10.4 Å². The van der Waals surface area contributed by atoms with E-state index in [0.29, 0.717) is 20.4 Å². The zero-order valence-electron chi connectivity index (χ0n) is 19.9. The van der Waals surface area contributed by atoms with Crippen LogP contribution in [0.15, 0.2) is 53.4 Å². The van der Waals surface area contributed by atoms with E-state index in [2.05, 4.69) is 10.6 Å². The van der Waals surface area contributed by atoms with Crippen LogP contribution in [0.2, 0.25) is 0 Å². The van der Waals surface area contributed by atoms with Crippen molar-refractivity contribution in [1.29, 1.82) is 0 Å². The van der Waals surface area contributed by atoms with Crippen molar-refractivity contribution in [1.82, 2.24) is 10.6 Å². The third-order valence-corrected chi connectivity index (χ3v) is 6.52. The number of thiocarbonyl (C=S) groups is 1. The number of thioether (sulfide) groups is 1. The maximum atomic E-state index is 12.6. The SMILES string of the molecule is O=C(O)CC[C@@H](NC(=O)c1cccc(CN(C(=O)C(=O)O)c2ccc(/C=C3\SC(=S)NC3=O)cc2)c1)C(=O)O. The lowest BCUT2D eigenvalue weighted by atomic mass is 10.1. The van der Waals surface area contributed by atoms with Crippen molar-refractivity contribution in [2.24, 2.45) is 0 Å². The Balaban J connectivity index is 1.81. The van der Waals surface area contributed by atoms with E-state index >= 15 is 0 Å². The Hall–Kier alpha value is -4.56. The number of carboxylic acids is 3. The van der Waals surface area contributed by atoms with Crippen LogP contribution in [0.5, 0.6) is 0 Å². The molecule has 1 saturated heterocycles. The van der Waals surface area contributed by atoms with Gasteiger partial charge >= 0.3 is 23.8 Å². The van der Waals surface area contributed by atoms with Crippen molar-refractivity contribution in [3.8, 4) is 0 Å². The van der Waals surface area contributed by atoms with E-state index in [1.54, 1.807) is 24.3 Å². The molecular formula is C25H21N3O9S2. The van der Waals surface area contributed by atoms with Crippen molar-refractivity contribution in [3.63, 3.8) is 0 Å². The molecule has 3 rings (SSSR count). The van der Waals surface area contributed by atoms with Gasteiger partial charge in [0.05, 0.1) is 11.4 Å². The summed E-state index contributed by atoms with van der Waals surface area (Å²) in [5.41, 5.74) is 1.24. The van der Waals surface area contributed by atoms with Crippen LogP contribution in [0.1, 0.15) is 34.3 Å². The number of benzene rings is 2. The Morgan fingerprint density at radius 1 is 1.05 bits per heavy atom. The summed E-state index contributed by atoms with van der Waals surface area (Å²) in [6.07, 6.45) is 0.813. The number of nitrogens with one attached hydrogen (secondary N) is 2. The summed E-state index contributed by atoms with van der Waals surface area (Å²) in [5, 5.41) is 32.2. The van der Waals surface area contributed by atoms with E-state index in [1.165, 1.54) is 30.3 Å². The lowest BCUT2D eigenvalue weighted by Gasteiger charge is -2.21. The molecule has 0 unspecified atom stereocenters. The number of hydrogen-bond acceptors (Lipinski definition) is 8. The van der Waals surface area contributed by atoms with Gasteiger partial charge in [-0.15, -0.1) is 0 Å². The highest BCUT2D eigenvalue weighted by molar-refractivity contribution is 8.26. The molecule has 0 spiro atoms. The minimum atomic E-state index is -1.70. The Kier molecular flexibility index (Phi) is 9.52. The molecule has 0 aliphatic carbocycles. The van der Waals surface area contributed by atoms with E-state index in [0.717, 1.165) is 16.7 Å². The Morgan fingerprint density at radius 2 is 1.74 bits per heavy atom. The first kappa shape index (κ1) is 29.0. The monoisotopic (exact) mass is 571 g/mol. The minimum absolute atomic E-state index is 0.0315. The Labute approximate surface area is 230 Å². The van der Waals surface area contributed by atoms with Crippen molar-refractivity contribution >= 4 is 75.7 Å². The molecule has 14 heteroatoms. The van der Waals surface area contributed by atoms with Gasteiger partial charge in [-0.3, -0.25) is 24.1 Å². The third-order valence-electron chi connectivity index (χ3n) is 5.35. The highest BCUT2D eigenvalue weighted by atomic mass is 32.2. The Bertz CT molecular complexity index is 1390. The van der Waals surface area contributed by atoms with E-state index < -0.39 is 42.2 Å². The molecule has 12 nitrogen and oxygen atoms in total. The van der Waals surface area contributed by atoms with Gasteiger partial charge in [0.2, 0.25) is 0 Å². The van der Waals surface area contributed by atoms with E-state index in [9.17, 15) is 39.0 Å². The molecule has 0 bridgehead atoms. The van der Waals surface area contributed by atoms with Crippen LogP contribution < -0.4 is 15.5 Å². The summed E-state index contributed by atoms with van der Waals surface area (Å²) in [5.74, 6) is -6.66. The van der Waals surface area contributed by atoms with Crippen LogP contribution in [0.3, 0.4) is 0 Å². The van der Waals surface area contributed by atoms with Crippen LogP contribution in [0.4, 0.5) is 5.69 Å². The largest absolute Gasteiger partial charge is 0.481 e. The van der Waals surface area contributed by atoms with E-state index in [-0.39, 0.29) is 30.1 Å². The molecule has 0 radical (unpaired) electrons. The molecule has 5 N–H and O–H groups in total. The summed E-state index contributed by atoms with van der Waals surface area (Å²) in [4.78, 5) is 72.1. The minimum Gasteiger partial charge on any atom is -0.481 e. The molecule has 2 aromatic rings. The van der Waals surface area contributed by atoms with Crippen molar-refractivity contribution in [3.05, 3.63) is 70.1 Å². The molecule has 0 saturated carbocycles. The fourth-order valence-corrected chi connectivity index (χ4v) is 4.52. The van der Waals surface area contributed by atoms with Gasteiger partial charge in [0.15, 0.2) is 0 Å². The second kappa shape index (κ2) is 12.8. The normalized spacial score (nSPS) is 14.4. The highest BCUT2D eigenvalue weighted by Gasteiger charge is 2.25. The zero-order chi connectivity index (χ0) is 28.7. The number of carbonyl (C=O) groups excluding carboxylic acids is 3. The van der Waals surface area contributed by atoms with E-state index in [1.807, 2.05) is 0 Å². The predicted molar refractivity (Wildman–Crippen MR) is 144 cm³/mol. The number of carbonyl (C=O) groups is 6. The fourth-order valence-electron chi connectivity index (χ4n) is 3.48. The molecule has 1 aliphatic rings. The lowest BCUT2D eigenvalue weighted by molar-refractivity contribution is -0.148. The van der Waals surface area contributed by atoms with Gasteiger partial charge < -0.3 is 26.0 Å². The third kappa shape index (κ3) is 7.96. The zero-order valence-corrected chi connectivity index (χ0v) is 21.6. The van der Waals surface area contributed by atoms with Crippen LogP contribution >= 0.6 is 24.0 Å². The van der Waals surface area contributed by atoms with Gasteiger partial charge in [-0.2, -0.15) is 0 Å². The molecular weight excluding hydrogens is 550 g/mol. The first-order valence-electron chi connectivity index (χ1n) is 11.2. The number of carboxylic acid groups (broad SMARTS) is 3. The van der Waals surface area contributed by atoms with Crippen LogP contribution in [0.25, 0.3) is 6.08 Å². The molecule has 3 amide bonds. The molecule has 39 heavy (non-hydrogen) atoms. The molecule has 0 aromatic heterocycles. The average Bonchev–Trinajstić information content (AvgIpc) is 3.20. The summed E-state index contributed by atoms with van der Waals surface area (Å²) < 4.78 is 0.329. The van der Waals surface area contributed by atoms with Gasteiger partial charge in [-0.05, 0) is 47.9 Å². The Morgan fingerprint density at radius 3 is 2.31 bits per heavy atom. The molecule has 1 atom stereocenters. The quantitative estimate of drug-likeness (QED) is 0.159. The first-order valence-corrected chi connectivity index (χ1v) is 12.4. The predicted octanol–water partition coefficient (Wildman–Crippen LogP) is 1.84. The lowest BCUT2D eigenvalue weighted by Crippen LogP contribution is -2.41. The highest BCUT2D eigenvalue weighted by Crippen LogP contribution is 2.27. The number of rotatable bonds is 10. The van der Waals surface area contributed by atoms with Crippen molar-refractivity contribution < 1.29 is 44.1 Å². The average molecular weight is 572 g/mol. The molecule has 202 valence electrons. The number of amides is 3. The maximum Gasteiger partial charge on any atom is 0.394 e. The molecule has 1 aliphatic heterocycles. The van der Waals surface area contributed by atoms with Gasteiger partial charge in [0.25, 0.3) is 11.8 Å². The summed E-state index contributed by atoms with van der Waals surface area (Å²) in [6, 6.07) is 10.5. The van der Waals surface area contributed by atoms with Gasteiger partial charge in [-0.1, -0.05) is 48.2 Å². The standard InChI is InChI=1S/C25H21N3O9S2/c29-19(30)9-8-17(23(34)35)26-20(31)15-3-1-2-14(10-15)12-28(22(33)24(36)37)16-6-4-13(5-7-16)11-18-21(32)27-25(38)39-18/h1-7,10-11,17H,8-9,12H2,(H,26,31)(H,29,30)(H,34,35)(H,36,37)(H,27,32,38)/b18-11-/t17-/m1/s1. The smallest absolute Gasteiger partial charge is 0.394 e. The van der Waals surface area contributed by atoms with Gasteiger partial charge in [-0.25, -0.2) is 9.59 Å². The van der Waals surface area contributed by atoms with Gasteiger partial charge in [0, 0.05) is 17.7 Å². The second-order valence-electron chi connectivity index (χ2n) is 8.14. The number of aliphatic carboxylic acids is 3. The molecule has 1 fully saturated rings. The molecule has 1 heterocycles. The number of anilines is 1. The van der Waals surface area contributed by atoms with Crippen molar-refractivity contribution in [2.45, 2.75) is 25.4 Å². The van der Waals surface area contributed by atoms with Crippen LogP contribution in [0, 0.1) is 0 Å². The number of nitrogens with zero attached hydrogens (tertiary/aromatic N) is 1. The maximum absolute atomic E-state index is 12.6. The molecule has 2 aromatic carbocycles. The van der Waals surface area contributed by atoms with Crippen LogP contribution in [-0.4, -0.2) is 61.3 Å². The van der Waals surface area contributed by atoms with Crippen LogP contribution in [-0.2, 0) is 30.5 Å². The summed E-state index contributed by atoms with van der Waals surface area (Å²) >= 11 is 6.06. The second-order valence-corrected chi connectivity index (χ2v) is 9.86. The van der Waals surface area contributed by atoms with E-state index in [4.69, 9.17) is 17.3 Å². The number of hydrogen-bond donors (Lipinski definition) is 5. The summed E-state index contributed by atoms with van der Waals surface area (Å²) in [7, 11) is 0. The summed E-state index contributed by atoms with van der Waals surface area (Å²) in [6.45, 7) is -0.236. The topological polar surface area (TPSA) is 190 Å². The van der Waals surface area contributed by atoms with Crippen molar-refractivity contribution in [2.75, 3.05) is 4.90 Å². The first-order chi connectivity index (χ1) is 18.4. The fraction of sp³-hybridized carbons (Fsp3) is 0.160.